The molecule has 0 N–H and O–H groups in total. The summed E-state index contributed by atoms with van der Waals surface area (Å²) in [6.07, 6.45) is 1.59. The van der Waals surface area contributed by atoms with E-state index in [0.717, 1.165) is 37.5 Å². The van der Waals surface area contributed by atoms with Crippen molar-refractivity contribution < 1.29 is 4.74 Å². The smallest absolute Gasteiger partial charge is 0.191 e. The van der Waals surface area contributed by atoms with E-state index in [1.54, 1.807) is 11.8 Å². The van der Waals surface area contributed by atoms with Gasteiger partial charge in [0.15, 0.2) is 17.1 Å². The molecule has 0 amide bonds. The first kappa shape index (κ1) is 21.0. The largest absolute Gasteiger partial charge is 0.483 e. The molecule has 0 fully saturated rings. The molecule has 0 aliphatic heterocycles. The Morgan fingerprint density at radius 2 is 2.00 bits per heavy atom. The Morgan fingerprint density at radius 1 is 1.25 bits per heavy atom. The second-order valence-corrected chi connectivity index (χ2v) is 8.59. The van der Waals surface area contributed by atoms with Crippen molar-refractivity contribution in [3.8, 4) is 5.75 Å². The monoisotopic (exact) mass is 477 g/mol. The fraction of sp³-hybridized carbons (Fsp3) is 0.238. The number of hydrogen-bond acceptors (Lipinski definition) is 4. The van der Waals surface area contributed by atoms with Gasteiger partial charge in [0.05, 0.1) is 0 Å². The minimum atomic E-state index is -0.255. The van der Waals surface area contributed by atoms with E-state index >= 15 is 0 Å². The van der Waals surface area contributed by atoms with E-state index < -0.39 is 0 Å². The molecule has 2 aromatic carbocycles. The second kappa shape index (κ2) is 9.63. The molecule has 1 heterocycles. The van der Waals surface area contributed by atoms with Crippen molar-refractivity contribution in [3.63, 3.8) is 0 Å². The quantitative estimate of drug-likeness (QED) is 0.269. The van der Waals surface area contributed by atoms with Gasteiger partial charge in [-0.05, 0) is 55.3 Å². The van der Waals surface area contributed by atoms with Crippen molar-refractivity contribution >= 4 is 39.3 Å². The summed E-state index contributed by atoms with van der Waals surface area (Å²) in [6.45, 7) is 8.41. The molecular weight excluding hydrogens is 458 g/mol. The molecule has 0 bridgehead atoms. The van der Waals surface area contributed by atoms with E-state index in [9.17, 15) is 0 Å². The van der Waals surface area contributed by atoms with E-state index in [2.05, 4.69) is 44.8 Å². The predicted molar refractivity (Wildman–Crippen MR) is 119 cm³/mol. The maximum atomic E-state index is 6.10. The van der Waals surface area contributed by atoms with Crippen LogP contribution >= 0.6 is 39.3 Å². The number of ether oxygens (including phenoxy) is 1. The molecule has 1 atom stereocenters. The third-order valence-electron chi connectivity index (χ3n) is 4.14. The van der Waals surface area contributed by atoms with Gasteiger partial charge in [0.2, 0.25) is 0 Å². The zero-order chi connectivity index (χ0) is 20.1. The van der Waals surface area contributed by atoms with E-state index in [0.29, 0.717) is 6.54 Å². The summed E-state index contributed by atoms with van der Waals surface area (Å²) in [5.74, 6) is 2.34. The zero-order valence-corrected chi connectivity index (χ0v) is 18.9. The lowest BCUT2D eigenvalue weighted by atomic mass is 10.2. The van der Waals surface area contributed by atoms with Crippen molar-refractivity contribution in [2.24, 2.45) is 0 Å². The number of halogens is 2. The molecule has 1 unspecified atom stereocenters. The molecule has 146 valence electrons. The molecule has 3 rings (SSSR count). The first-order valence-corrected chi connectivity index (χ1v) is 11.0. The van der Waals surface area contributed by atoms with Crippen LogP contribution in [0, 0.1) is 6.92 Å². The lowest BCUT2D eigenvalue weighted by molar-refractivity contribution is 0.210. The number of allylic oxidation sites excluding steroid dienone is 1. The maximum absolute atomic E-state index is 6.10. The summed E-state index contributed by atoms with van der Waals surface area (Å²) in [4.78, 5) is 0. The van der Waals surface area contributed by atoms with Crippen molar-refractivity contribution in [1.29, 1.82) is 0 Å². The standard InChI is InChI=1S/C21H21BrClN3OS/c1-4-11-26-20(15(3)27-18-9-10-19(23)14(2)12-18)24-25-21(26)28-13-16-5-7-17(22)8-6-16/h4-10,12,15H,1,11,13H2,2-3H3. The van der Waals surface area contributed by atoms with Gasteiger partial charge >= 0.3 is 0 Å². The number of hydrogen-bond donors (Lipinski definition) is 0. The maximum Gasteiger partial charge on any atom is 0.191 e. The van der Waals surface area contributed by atoms with Gasteiger partial charge in [-0.1, -0.05) is 57.5 Å². The molecule has 3 aromatic rings. The van der Waals surface area contributed by atoms with E-state index in [1.807, 2.05) is 54.8 Å². The highest BCUT2D eigenvalue weighted by Gasteiger charge is 2.19. The predicted octanol–water partition coefficient (Wildman–Crippen LogP) is 6.62. The second-order valence-electron chi connectivity index (χ2n) is 6.33. The molecule has 0 saturated carbocycles. The highest BCUT2D eigenvalue weighted by atomic mass is 79.9. The number of rotatable bonds is 8. The summed E-state index contributed by atoms with van der Waals surface area (Å²) in [5.41, 5.74) is 2.20. The first-order valence-electron chi connectivity index (χ1n) is 8.82. The van der Waals surface area contributed by atoms with E-state index in [1.165, 1.54) is 5.56 Å². The van der Waals surface area contributed by atoms with Crippen LogP contribution in [0.25, 0.3) is 0 Å². The van der Waals surface area contributed by atoms with Gasteiger partial charge < -0.3 is 4.74 Å². The van der Waals surface area contributed by atoms with Crippen LogP contribution in [0.4, 0.5) is 0 Å². The molecule has 7 heteroatoms. The molecule has 0 saturated heterocycles. The van der Waals surface area contributed by atoms with Crippen LogP contribution < -0.4 is 4.74 Å². The lowest BCUT2D eigenvalue weighted by Crippen LogP contribution is -2.12. The van der Waals surface area contributed by atoms with E-state index in [4.69, 9.17) is 16.3 Å². The van der Waals surface area contributed by atoms with Crippen molar-refractivity contribution in [1.82, 2.24) is 14.8 Å². The molecular formula is C21H21BrClN3OS. The van der Waals surface area contributed by atoms with Crippen LogP contribution in [0.15, 0.2) is 64.7 Å². The summed E-state index contributed by atoms with van der Waals surface area (Å²) in [7, 11) is 0. The average Bonchev–Trinajstić information content (AvgIpc) is 3.07. The Hall–Kier alpha value is -1.76. The topological polar surface area (TPSA) is 39.9 Å². The van der Waals surface area contributed by atoms with Crippen molar-refractivity contribution in [3.05, 3.63) is 81.6 Å². The minimum Gasteiger partial charge on any atom is -0.483 e. The average molecular weight is 479 g/mol. The van der Waals surface area contributed by atoms with E-state index in [-0.39, 0.29) is 6.10 Å². The summed E-state index contributed by atoms with van der Waals surface area (Å²) in [6, 6.07) is 13.9. The van der Waals surface area contributed by atoms with Crippen LogP contribution in [0.2, 0.25) is 5.02 Å². The fourth-order valence-electron chi connectivity index (χ4n) is 2.68. The zero-order valence-electron chi connectivity index (χ0n) is 15.7. The number of aryl methyl sites for hydroxylation is 1. The van der Waals surface area contributed by atoms with Crippen LogP contribution in [0.5, 0.6) is 5.75 Å². The molecule has 0 aliphatic rings. The van der Waals surface area contributed by atoms with Crippen molar-refractivity contribution in [2.75, 3.05) is 0 Å². The Labute approximate surface area is 183 Å². The third kappa shape index (κ3) is 5.19. The van der Waals surface area contributed by atoms with Crippen LogP contribution in [-0.2, 0) is 12.3 Å². The Bertz CT molecular complexity index is 959. The highest BCUT2D eigenvalue weighted by molar-refractivity contribution is 9.10. The molecule has 0 radical (unpaired) electrons. The lowest BCUT2D eigenvalue weighted by Gasteiger charge is -2.16. The summed E-state index contributed by atoms with van der Waals surface area (Å²) >= 11 is 11.2. The SMILES string of the molecule is C=CCn1c(SCc2ccc(Br)cc2)nnc1C(C)Oc1ccc(Cl)c(C)c1. The molecule has 0 spiro atoms. The summed E-state index contributed by atoms with van der Waals surface area (Å²) in [5, 5.41) is 10.3. The number of benzene rings is 2. The van der Waals surface area contributed by atoms with Gasteiger partial charge in [0.1, 0.15) is 5.75 Å². The number of nitrogens with zero attached hydrogens (tertiary/aromatic N) is 3. The first-order chi connectivity index (χ1) is 13.5. The van der Waals surface area contributed by atoms with Gasteiger partial charge in [-0.2, -0.15) is 0 Å². The molecule has 4 nitrogen and oxygen atoms in total. The molecule has 0 aliphatic carbocycles. The molecule has 1 aromatic heterocycles. The minimum absolute atomic E-state index is 0.255. The normalized spacial score (nSPS) is 12.0. The number of aromatic nitrogens is 3. The van der Waals surface area contributed by atoms with Crippen LogP contribution in [-0.4, -0.2) is 14.8 Å². The van der Waals surface area contributed by atoms with Gasteiger partial charge in [-0.25, -0.2) is 0 Å². The Kier molecular flexibility index (Phi) is 7.21. The Balaban J connectivity index is 1.75. The fourth-order valence-corrected chi connectivity index (χ4v) is 3.98. The van der Waals surface area contributed by atoms with Gasteiger partial charge in [0.25, 0.3) is 0 Å². The number of thioether (sulfide) groups is 1. The highest BCUT2D eigenvalue weighted by Crippen LogP contribution is 2.28. The van der Waals surface area contributed by atoms with Gasteiger partial charge in [-0.15, -0.1) is 16.8 Å². The van der Waals surface area contributed by atoms with Gasteiger partial charge in [0, 0.05) is 21.8 Å². The third-order valence-corrected chi connectivity index (χ3v) is 6.13. The summed E-state index contributed by atoms with van der Waals surface area (Å²) < 4.78 is 9.20. The Morgan fingerprint density at radius 3 is 2.68 bits per heavy atom. The van der Waals surface area contributed by atoms with Crippen LogP contribution in [0.3, 0.4) is 0 Å². The van der Waals surface area contributed by atoms with Crippen LogP contribution in [0.1, 0.15) is 30.0 Å². The van der Waals surface area contributed by atoms with Gasteiger partial charge in [-0.3, -0.25) is 4.57 Å². The molecule has 28 heavy (non-hydrogen) atoms. The van der Waals surface area contributed by atoms with Crippen molar-refractivity contribution in [2.45, 2.75) is 37.4 Å².